The Kier molecular flexibility index (Phi) is 6.82. The molecule has 6 heteroatoms. The van der Waals surface area contributed by atoms with Crippen LogP contribution in [0.2, 0.25) is 0 Å². The van der Waals surface area contributed by atoms with Crippen LogP contribution in [-0.2, 0) is 20.4 Å². The van der Waals surface area contributed by atoms with Crippen molar-refractivity contribution in [1.29, 1.82) is 0 Å². The molecule has 0 aromatic carbocycles. The normalized spacial score (nSPS) is 16.3. The minimum absolute atomic E-state index is 0.411. The van der Waals surface area contributed by atoms with Crippen LogP contribution in [0.25, 0.3) is 0 Å². The Balaban J connectivity index is 3.31. The molecule has 11 heavy (non-hydrogen) atoms. The molecule has 3 nitrogen and oxygen atoms in total. The van der Waals surface area contributed by atoms with Crippen molar-refractivity contribution < 1.29 is 13.5 Å². The summed E-state index contributed by atoms with van der Waals surface area (Å²) in [6.45, 7) is -0.627. The van der Waals surface area contributed by atoms with Crippen molar-refractivity contribution in [3.8, 4) is 0 Å². The summed E-state index contributed by atoms with van der Waals surface area (Å²) in [7, 11) is 0. The SMILES string of the molecule is CCCCCOP(O)(=S)OCl. The fourth-order valence-electron chi connectivity index (χ4n) is 0.552. The van der Waals surface area contributed by atoms with Crippen LogP contribution in [0.5, 0.6) is 0 Å². The lowest BCUT2D eigenvalue weighted by Gasteiger charge is -2.09. The molecule has 0 spiro atoms. The minimum Gasteiger partial charge on any atom is -0.324 e. The highest BCUT2D eigenvalue weighted by molar-refractivity contribution is 8.07. The summed E-state index contributed by atoms with van der Waals surface area (Å²) in [5, 5.41) is 0. The summed E-state index contributed by atoms with van der Waals surface area (Å²) in [6.07, 6.45) is 3.02. The zero-order chi connectivity index (χ0) is 8.74. The lowest BCUT2D eigenvalue weighted by Crippen LogP contribution is -1.91. The van der Waals surface area contributed by atoms with Gasteiger partial charge in [0.1, 0.15) is 0 Å². The second-order valence-corrected chi connectivity index (χ2v) is 5.21. The molecule has 0 aliphatic carbocycles. The van der Waals surface area contributed by atoms with Gasteiger partial charge in [-0.3, -0.25) is 0 Å². The van der Waals surface area contributed by atoms with E-state index >= 15 is 0 Å². The highest BCUT2D eigenvalue weighted by Gasteiger charge is 2.12. The monoisotopic (exact) mass is 218 g/mol. The van der Waals surface area contributed by atoms with Crippen molar-refractivity contribution in [3.05, 3.63) is 0 Å². The predicted octanol–water partition coefficient (Wildman–Crippen LogP) is 2.58. The summed E-state index contributed by atoms with van der Waals surface area (Å²) >= 11 is 9.36. The van der Waals surface area contributed by atoms with E-state index in [0.29, 0.717) is 6.61 Å². The molecule has 0 amide bonds. The molecule has 0 bridgehead atoms. The first-order valence-corrected chi connectivity index (χ1v) is 6.30. The molecule has 0 rings (SSSR count). The van der Waals surface area contributed by atoms with Crippen LogP contribution < -0.4 is 0 Å². The van der Waals surface area contributed by atoms with Gasteiger partial charge in [-0.05, 0) is 18.2 Å². The van der Waals surface area contributed by atoms with Gasteiger partial charge in [0.25, 0.3) is 0 Å². The van der Waals surface area contributed by atoms with Gasteiger partial charge in [0, 0.05) is 0 Å². The third-order valence-electron chi connectivity index (χ3n) is 1.09. The average molecular weight is 219 g/mol. The third kappa shape index (κ3) is 7.19. The van der Waals surface area contributed by atoms with Crippen LogP contribution in [0, 0.1) is 0 Å². The van der Waals surface area contributed by atoms with E-state index in [4.69, 9.17) is 21.3 Å². The number of halogens is 1. The van der Waals surface area contributed by atoms with Crippen LogP contribution in [0.15, 0.2) is 0 Å². The Bertz CT molecular complexity index is 144. The zero-order valence-electron chi connectivity index (χ0n) is 6.33. The quantitative estimate of drug-likeness (QED) is 0.549. The number of hydrogen-bond donors (Lipinski definition) is 1. The summed E-state index contributed by atoms with van der Waals surface area (Å²) in [5.41, 5.74) is 0. The first-order chi connectivity index (χ1) is 5.12. The number of hydrogen-bond acceptors (Lipinski definition) is 3. The third-order valence-corrected chi connectivity index (χ3v) is 3.12. The van der Waals surface area contributed by atoms with Crippen LogP contribution in [-0.4, -0.2) is 11.5 Å². The highest BCUT2D eigenvalue weighted by atomic mass is 35.5. The molecule has 0 radical (unpaired) electrons. The van der Waals surface area contributed by atoms with Crippen molar-refractivity contribution in [1.82, 2.24) is 0 Å². The Hall–Kier alpha value is 0.820. The van der Waals surface area contributed by atoms with E-state index in [1.165, 1.54) is 0 Å². The van der Waals surface area contributed by atoms with Gasteiger partial charge in [-0.2, -0.15) is 4.08 Å². The number of unbranched alkanes of at least 4 members (excludes halogenated alkanes) is 2. The molecule has 0 saturated heterocycles. The second-order valence-electron chi connectivity index (χ2n) is 2.08. The predicted molar refractivity (Wildman–Crippen MR) is 48.9 cm³/mol. The van der Waals surface area contributed by atoms with Gasteiger partial charge < -0.3 is 9.42 Å². The van der Waals surface area contributed by atoms with E-state index < -0.39 is 6.72 Å². The minimum atomic E-state index is -3.11. The van der Waals surface area contributed by atoms with E-state index in [1.807, 2.05) is 0 Å². The topological polar surface area (TPSA) is 38.7 Å². The molecule has 0 fully saturated rings. The molecule has 0 aliphatic rings. The van der Waals surface area contributed by atoms with Crippen molar-refractivity contribution in [3.63, 3.8) is 0 Å². The standard InChI is InChI=1S/C5H12ClO3PS/c1-2-3-4-5-8-10(7,11)9-6/h2-5H2,1H3,(H,7,11). The zero-order valence-corrected chi connectivity index (χ0v) is 8.79. The largest absolute Gasteiger partial charge is 0.341 e. The van der Waals surface area contributed by atoms with Crippen molar-refractivity contribution >= 4 is 30.4 Å². The van der Waals surface area contributed by atoms with Gasteiger partial charge in [0.2, 0.25) is 0 Å². The Morgan fingerprint density at radius 3 is 2.64 bits per heavy atom. The van der Waals surface area contributed by atoms with Crippen molar-refractivity contribution in [2.24, 2.45) is 0 Å². The van der Waals surface area contributed by atoms with Crippen LogP contribution in [0.4, 0.5) is 0 Å². The molecule has 0 aromatic rings. The molecular formula is C5H12ClO3PS. The summed E-state index contributed by atoms with van der Waals surface area (Å²) < 4.78 is 8.86. The lowest BCUT2D eigenvalue weighted by atomic mass is 10.3. The van der Waals surface area contributed by atoms with E-state index in [1.54, 1.807) is 0 Å². The van der Waals surface area contributed by atoms with E-state index in [0.717, 1.165) is 19.3 Å². The Morgan fingerprint density at radius 2 is 2.18 bits per heavy atom. The molecule has 0 aromatic heterocycles. The van der Waals surface area contributed by atoms with Gasteiger partial charge in [0.15, 0.2) is 0 Å². The van der Waals surface area contributed by atoms with Gasteiger partial charge in [-0.1, -0.05) is 19.8 Å². The molecule has 68 valence electrons. The van der Waals surface area contributed by atoms with E-state index in [9.17, 15) is 0 Å². The number of rotatable bonds is 6. The molecule has 0 aliphatic heterocycles. The molecule has 1 atom stereocenters. The summed E-state index contributed by atoms with van der Waals surface area (Å²) in [4.78, 5) is 8.97. The second kappa shape index (κ2) is 6.35. The van der Waals surface area contributed by atoms with Gasteiger partial charge in [-0.25, -0.2) is 0 Å². The lowest BCUT2D eigenvalue weighted by molar-refractivity contribution is 0.256. The molecule has 0 heterocycles. The van der Waals surface area contributed by atoms with Gasteiger partial charge in [-0.15, -0.1) is 0 Å². The molecule has 1 unspecified atom stereocenters. The first-order valence-electron chi connectivity index (χ1n) is 3.40. The van der Waals surface area contributed by atoms with Crippen molar-refractivity contribution in [2.75, 3.05) is 6.61 Å². The van der Waals surface area contributed by atoms with Gasteiger partial charge >= 0.3 is 6.72 Å². The van der Waals surface area contributed by atoms with Crippen LogP contribution >= 0.6 is 18.6 Å². The summed E-state index contributed by atoms with van der Waals surface area (Å²) in [6, 6.07) is 0. The van der Waals surface area contributed by atoms with Gasteiger partial charge in [0.05, 0.1) is 18.5 Å². The fraction of sp³-hybridized carbons (Fsp3) is 1.00. The highest BCUT2D eigenvalue weighted by Crippen LogP contribution is 2.44. The van der Waals surface area contributed by atoms with Crippen LogP contribution in [0.1, 0.15) is 26.2 Å². The van der Waals surface area contributed by atoms with Crippen LogP contribution in [0.3, 0.4) is 0 Å². The maximum absolute atomic E-state index is 8.97. The fourth-order valence-corrected chi connectivity index (χ4v) is 1.29. The smallest absolute Gasteiger partial charge is 0.324 e. The van der Waals surface area contributed by atoms with E-state index in [2.05, 4.69) is 22.8 Å². The molecule has 0 saturated carbocycles. The Morgan fingerprint density at radius 1 is 1.55 bits per heavy atom. The maximum Gasteiger partial charge on any atom is 0.341 e. The van der Waals surface area contributed by atoms with E-state index in [-0.39, 0.29) is 0 Å². The van der Waals surface area contributed by atoms with Crippen molar-refractivity contribution in [2.45, 2.75) is 26.2 Å². The average Bonchev–Trinajstić information content (AvgIpc) is 1.99. The first kappa shape index (κ1) is 11.8. The summed E-state index contributed by atoms with van der Waals surface area (Å²) in [5.74, 6) is 0. The Labute approximate surface area is 77.1 Å². The maximum atomic E-state index is 8.97. The molecular weight excluding hydrogens is 207 g/mol. The molecule has 1 N–H and O–H groups in total.